The molecule has 0 bridgehead atoms. The zero-order valence-corrected chi connectivity index (χ0v) is 8.65. The third-order valence-corrected chi connectivity index (χ3v) is 1.61. The molecule has 0 amide bonds. The van der Waals surface area contributed by atoms with Crippen molar-refractivity contribution in [3.8, 4) is 6.07 Å². The van der Waals surface area contributed by atoms with E-state index in [4.69, 9.17) is 5.26 Å². The largest absolute Gasteiger partial charge is 0.302 e. The van der Waals surface area contributed by atoms with Crippen LogP contribution in [0.4, 0.5) is 0 Å². The van der Waals surface area contributed by atoms with E-state index in [0.29, 0.717) is 0 Å². The standard InChI is InChI=1S/C10H20N2/c1-5-6-12-9(8-11)7-10(2,3)4/h9,12H,5-7H2,1-4H3. The Kier molecular flexibility index (Phi) is 4.92. The van der Waals surface area contributed by atoms with Crippen molar-refractivity contribution in [3.63, 3.8) is 0 Å². The summed E-state index contributed by atoms with van der Waals surface area (Å²) < 4.78 is 0. The van der Waals surface area contributed by atoms with Crippen molar-refractivity contribution in [2.24, 2.45) is 5.41 Å². The van der Waals surface area contributed by atoms with Crippen LogP contribution >= 0.6 is 0 Å². The highest BCUT2D eigenvalue weighted by Gasteiger charge is 2.17. The molecule has 12 heavy (non-hydrogen) atoms. The summed E-state index contributed by atoms with van der Waals surface area (Å²) in [4.78, 5) is 0. The molecule has 2 nitrogen and oxygen atoms in total. The Balaban J connectivity index is 3.78. The first-order valence-electron chi connectivity index (χ1n) is 4.62. The van der Waals surface area contributed by atoms with Crippen molar-refractivity contribution < 1.29 is 0 Å². The van der Waals surface area contributed by atoms with Crippen molar-refractivity contribution in [1.82, 2.24) is 5.32 Å². The van der Waals surface area contributed by atoms with Gasteiger partial charge in [-0.2, -0.15) is 5.26 Å². The van der Waals surface area contributed by atoms with Gasteiger partial charge in [0.2, 0.25) is 0 Å². The minimum Gasteiger partial charge on any atom is -0.302 e. The lowest BCUT2D eigenvalue weighted by Gasteiger charge is -2.22. The lowest BCUT2D eigenvalue weighted by atomic mass is 9.88. The Labute approximate surface area is 76.0 Å². The predicted molar refractivity (Wildman–Crippen MR) is 51.8 cm³/mol. The minimum atomic E-state index is 0.0185. The van der Waals surface area contributed by atoms with Crippen LogP contribution in [0.5, 0.6) is 0 Å². The number of rotatable bonds is 4. The summed E-state index contributed by atoms with van der Waals surface area (Å²) in [5.74, 6) is 0. The van der Waals surface area contributed by atoms with E-state index in [9.17, 15) is 0 Å². The summed E-state index contributed by atoms with van der Waals surface area (Å²) in [5.41, 5.74) is 0.237. The second-order valence-electron chi connectivity index (χ2n) is 4.40. The van der Waals surface area contributed by atoms with Gasteiger partial charge in [-0.15, -0.1) is 0 Å². The number of nitrogens with zero attached hydrogens (tertiary/aromatic N) is 1. The molecule has 0 heterocycles. The highest BCUT2D eigenvalue weighted by atomic mass is 14.9. The predicted octanol–water partition coefficient (Wildman–Crippen LogP) is 2.31. The van der Waals surface area contributed by atoms with Gasteiger partial charge in [0, 0.05) is 0 Å². The molecule has 1 atom stereocenters. The second kappa shape index (κ2) is 5.16. The summed E-state index contributed by atoms with van der Waals surface area (Å²) >= 11 is 0. The normalized spacial score (nSPS) is 13.9. The maximum Gasteiger partial charge on any atom is 0.0958 e. The van der Waals surface area contributed by atoms with Crippen LogP contribution < -0.4 is 5.32 Å². The molecule has 0 saturated heterocycles. The van der Waals surface area contributed by atoms with Crippen LogP contribution in [0, 0.1) is 16.7 Å². The molecule has 0 saturated carbocycles. The minimum absolute atomic E-state index is 0.0185. The van der Waals surface area contributed by atoms with Gasteiger partial charge in [0.25, 0.3) is 0 Å². The Hall–Kier alpha value is -0.550. The number of nitriles is 1. The van der Waals surface area contributed by atoms with E-state index in [1.54, 1.807) is 0 Å². The van der Waals surface area contributed by atoms with Gasteiger partial charge in [-0.25, -0.2) is 0 Å². The first-order valence-corrected chi connectivity index (χ1v) is 4.62. The third-order valence-electron chi connectivity index (χ3n) is 1.61. The van der Waals surface area contributed by atoms with Gasteiger partial charge >= 0.3 is 0 Å². The smallest absolute Gasteiger partial charge is 0.0958 e. The van der Waals surface area contributed by atoms with E-state index < -0.39 is 0 Å². The maximum absolute atomic E-state index is 8.80. The zero-order valence-electron chi connectivity index (χ0n) is 8.65. The molecule has 0 aliphatic rings. The van der Waals surface area contributed by atoms with E-state index >= 15 is 0 Å². The molecule has 1 unspecified atom stereocenters. The van der Waals surface area contributed by atoms with Crippen molar-refractivity contribution in [3.05, 3.63) is 0 Å². The summed E-state index contributed by atoms with van der Waals surface area (Å²) in [6.07, 6.45) is 2.01. The quantitative estimate of drug-likeness (QED) is 0.699. The van der Waals surface area contributed by atoms with Gasteiger partial charge in [-0.1, -0.05) is 27.7 Å². The topological polar surface area (TPSA) is 35.8 Å². The molecule has 0 aliphatic carbocycles. The van der Waals surface area contributed by atoms with Crippen molar-refractivity contribution in [1.29, 1.82) is 5.26 Å². The number of nitrogens with one attached hydrogen (secondary N) is 1. The van der Waals surface area contributed by atoms with Crippen molar-refractivity contribution in [2.45, 2.75) is 46.6 Å². The number of hydrogen-bond acceptors (Lipinski definition) is 2. The molecule has 0 fully saturated rings. The van der Waals surface area contributed by atoms with Gasteiger partial charge < -0.3 is 5.32 Å². The van der Waals surface area contributed by atoms with Gasteiger partial charge in [0.15, 0.2) is 0 Å². The molecule has 0 aromatic heterocycles. The van der Waals surface area contributed by atoms with Crippen LogP contribution in [0.25, 0.3) is 0 Å². The Morgan fingerprint density at radius 1 is 1.42 bits per heavy atom. The summed E-state index contributed by atoms with van der Waals surface area (Å²) in [6.45, 7) is 9.52. The van der Waals surface area contributed by atoms with Crippen molar-refractivity contribution >= 4 is 0 Å². The Bertz CT molecular complexity index is 150. The fourth-order valence-electron chi connectivity index (χ4n) is 1.09. The van der Waals surface area contributed by atoms with Crippen LogP contribution in [-0.4, -0.2) is 12.6 Å². The fourth-order valence-corrected chi connectivity index (χ4v) is 1.09. The Morgan fingerprint density at radius 3 is 2.33 bits per heavy atom. The van der Waals surface area contributed by atoms with Crippen LogP contribution in [0.1, 0.15) is 40.5 Å². The van der Waals surface area contributed by atoms with E-state index in [2.05, 4.69) is 39.1 Å². The van der Waals surface area contributed by atoms with E-state index in [-0.39, 0.29) is 11.5 Å². The van der Waals surface area contributed by atoms with Gasteiger partial charge in [0.05, 0.1) is 12.1 Å². The molecule has 0 aromatic rings. The van der Waals surface area contributed by atoms with Crippen LogP contribution in [0.2, 0.25) is 0 Å². The van der Waals surface area contributed by atoms with Crippen LogP contribution in [0.3, 0.4) is 0 Å². The SMILES string of the molecule is CCCNC(C#N)CC(C)(C)C. The van der Waals surface area contributed by atoms with E-state index in [1.165, 1.54) is 0 Å². The van der Waals surface area contributed by atoms with Gasteiger partial charge in [-0.05, 0) is 24.8 Å². The van der Waals surface area contributed by atoms with Crippen LogP contribution in [0.15, 0.2) is 0 Å². The molecule has 70 valence electrons. The average molecular weight is 168 g/mol. The van der Waals surface area contributed by atoms with E-state index in [1.807, 2.05) is 0 Å². The molecule has 0 aliphatic heterocycles. The first kappa shape index (κ1) is 11.4. The fraction of sp³-hybridized carbons (Fsp3) is 0.900. The van der Waals surface area contributed by atoms with Crippen molar-refractivity contribution in [2.75, 3.05) is 6.54 Å². The average Bonchev–Trinajstić information content (AvgIpc) is 1.95. The Morgan fingerprint density at radius 2 is 2.00 bits per heavy atom. The van der Waals surface area contributed by atoms with E-state index in [0.717, 1.165) is 19.4 Å². The van der Waals surface area contributed by atoms with Crippen LogP contribution in [-0.2, 0) is 0 Å². The van der Waals surface area contributed by atoms with Gasteiger partial charge in [-0.3, -0.25) is 0 Å². The second-order valence-corrected chi connectivity index (χ2v) is 4.40. The molecule has 0 aromatic carbocycles. The molecule has 0 rings (SSSR count). The third kappa shape index (κ3) is 6.18. The summed E-state index contributed by atoms with van der Waals surface area (Å²) in [5, 5.41) is 12.0. The summed E-state index contributed by atoms with van der Waals surface area (Å²) in [6, 6.07) is 2.30. The monoisotopic (exact) mass is 168 g/mol. The summed E-state index contributed by atoms with van der Waals surface area (Å²) in [7, 11) is 0. The molecular weight excluding hydrogens is 148 g/mol. The molecule has 2 heteroatoms. The maximum atomic E-state index is 8.80. The molecule has 0 radical (unpaired) electrons. The highest BCUT2D eigenvalue weighted by molar-refractivity contribution is 4.92. The lowest BCUT2D eigenvalue weighted by Crippen LogP contribution is -2.32. The molecular formula is C10H20N2. The lowest BCUT2D eigenvalue weighted by molar-refractivity contribution is 0.338. The zero-order chi connectivity index (χ0) is 9.61. The molecule has 1 N–H and O–H groups in total. The number of hydrogen-bond donors (Lipinski definition) is 1. The van der Waals surface area contributed by atoms with Gasteiger partial charge in [0.1, 0.15) is 0 Å². The first-order chi connectivity index (χ1) is 5.49. The highest BCUT2D eigenvalue weighted by Crippen LogP contribution is 2.20. The molecule has 0 spiro atoms.